The molecular weight excluding hydrogens is 360 g/mol. The van der Waals surface area contributed by atoms with E-state index in [0.717, 1.165) is 29.2 Å². The van der Waals surface area contributed by atoms with Crippen LogP contribution in [0.15, 0.2) is 61.1 Å². The van der Waals surface area contributed by atoms with E-state index in [4.69, 9.17) is 11.6 Å². The number of benzene rings is 2. The van der Waals surface area contributed by atoms with Gasteiger partial charge in [0, 0.05) is 42.2 Å². The van der Waals surface area contributed by atoms with E-state index in [1.54, 1.807) is 6.33 Å². The lowest BCUT2D eigenvalue weighted by Gasteiger charge is -2.36. The molecule has 27 heavy (non-hydrogen) atoms. The molecular formula is C21H21ClN4O. The molecule has 0 N–H and O–H groups in total. The summed E-state index contributed by atoms with van der Waals surface area (Å²) in [6.45, 7) is 4.41. The second kappa shape index (κ2) is 7.45. The van der Waals surface area contributed by atoms with E-state index >= 15 is 0 Å². The molecule has 5 nitrogen and oxygen atoms in total. The van der Waals surface area contributed by atoms with Crippen LogP contribution in [0.2, 0.25) is 5.02 Å². The van der Waals surface area contributed by atoms with Gasteiger partial charge in [0.2, 0.25) is 5.91 Å². The van der Waals surface area contributed by atoms with Crippen LogP contribution in [0.3, 0.4) is 0 Å². The van der Waals surface area contributed by atoms with E-state index < -0.39 is 0 Å². The number of hydrogen-bond donors (Lipinski definition) is 0. The smallest absolute Gasteiger partial charge is 0.242 e. The van der Waals surface area contributed by atoms with Crippen LogP contribution in [0.5, 0.6) is 0 Å². The molecule has 0 aliphatic carbocycles. The van der Waals surface area contributed by atoms with Crippen molar-refractivity contribution in [3.63, 3.8) is 0 Å². The number of carbonyl (C=O) groups is 1. The Morgan fingerprint density at radius 2 is 1.78 bits per heavy atom. The van der Waals surface area contributed by atoms with Crippen LogP contribution < -0.4 is 4.90 Å². The maximum absolute atomic E-state index is 12.6. The molecule has 6 heteroatoms. The van der Waals surface area contributed by atoms with Gasteiger partial charge < -0.3 is 14.4 Å². The summed E-state index contributed by atoms with van der Waals surface area (Å²) in [7, 11) is 0. The molecule has 4 rings (SSSR count). The minimum atomic E-state index is 0.121. The van der Waals surface area contributed by atoms with Crippen molar-refractivity contribution < 1.29 is 4.79 Å². The molecule has 1 aromatic heterocycles. The summed E-state index contributed by atoms with van der Waals surface area (Å²) >= 11 is 6.23. The van der Waals surface area contributed by atoms with Crippen molar-refractivity contribution in [1.82, 2.24) is 14.5 Å². The molecule has 1 aliphatic heterocycles. The largest absolute Gasteiger partial charge is 0.360 e. The molecule has 0 bridgehead atoms. The minimum absolute atomic E-state index is 0.121. The van der Waals surface area contributed by atoms with Crippen molar-refractivity contribution >= 4 is 23.2 Å². The Morgan fingerprint density at radius 3 is 2.44 bits per heavy atom. The van der Waals surface area contributed by atoms with E-state index in [0.29, 0.717) is 24.7 Å². The Labute approximate surface area is 163 Å². The van der Waals surface area contributed by atoms with E-state index in [-0.39, 0.29) is 5.91 Å². The van der Waals surface area contributed by atoms with Crippen molar-refractivity contribution in [3.8, 4) is 5.69 Å². The van der Waals surface area contributed by atoms with Gasteiger partial charge in [0.05, 0.1) is 18.6 Å². The Kier molecular flexibility index (Phi) is 4.86. The number of hydrogen-bond acceptors (Lipinski definition) is 3. The lowest BCUT2D eigenvalue weighted by molar-refractivity contribution is -0.131. The van der Waals surface area contributed by atoms with Crippen molar-refractivity contribution in [2.45, 2.75) is 13.5 Å². The number of aryl methyl sites for hydroxylation is 1. The molecule has 1 aliphatic rings. The standard InChI is InChI=1S/C21H21ClN4O/c1-16-12-26(15-23-16)19-8-6-18(7-9-19)24-10-11-25(21(27)14-24)13-17-4-2-3-5-20(17)22/h2-9,12,15H,10-11,13-14H2,1H3. The van der Waals surface area contributed by atoms with Crippen LogP contribution in [-0.2, 0) is 11.3 Å². The molecule has 3 aromatic rings. The number of nitrogens with zero attached hydrogens (tertiary/aromatic N) is 4. The maximum Gasteiger partial charge on any atom is 0.242 e. The number of amides is 1. The minimum Gasteiger partial charge on any atom is -0.360 e. The fourth-order valence-electron chi connectivity index (χ4n) is 3.33. The number of piperazine rings is 1. The lowest BCUT2D eigenvalue weighted by Crippen LogP contribution is -2.50. The third kappa shape index (κ3) is 3.83. The highest BCUT2D eigenvalue weighted by Crippen LogP contribution is 2.22. The Morgan fingerprint density at radius 1 is 1.04 bits per heavy atom. The number of aromatic nitrogens is 2. The summed E-state index contributed by atoms with van der Waals surface area (Å²) in [5.74, 6) is 0.121. The monoisotopic (exact) mass is 380 g/mol. The third-order valence-electron chi connectivity index (χ3n) is 4.86. The van der Waals surface area contributed by atoms with Gasteiger partial charge in [0.15, 0.2) is 0 Å². The Balaban J connectivity index is 1.42. The van der Waals surface area contributed by atoms with Crippen LogP contribution in [0.1, 0.15) is 11.3 Å². The van der Waals surface area contributed by atoms with Crippen LogP contribution >= 0.6 is 11.6 Å². The first kappa shape index (κ1) is 17.6. The van der Waals surface area contributed by atoms with Gasteiger partial charge in [-0.25, -0.2) is 4.98 Å². The van der Waals surface area contributed by atoms with Gasteiger partial charge in [0.25, 0.3) is 0 Å². The fourth-order valence-corrected chi connectivity index (χ4v) is 3.52. The van der Waals surface area contributed by atoms with Crippen molar-refractivity contribution in [2.75, 3.05) is 24.5 Å². The summed E-state index contributed by atoms with van der Waals surface area (Å²) in [5.41, 5.74) is 4.09. The number of rotatable bonds is 4. The highest BCUT2D eigenvalue weighted by Gasteiger charge is 2.24. The van der Waals surface area contributed by atoms with Crippen LogP contribution in [-0.4, -0.2) is 40.0 Å². The number of carbonyl (C=O) groups excluding carboxylic acids is 1. The average Bonchev–Trinajstić information content (AvgIpc) is 3.11. The summed E-state index contributed by atoms with van der Waals surface area (Å²) in [6.07, 6.45) is 3.80. The molecule has 138 valence electrons. The SMILES string of the molecule is Cc1cn(-c2ccc(N3CCN(Cc4ccccc4Cl)C(=O)C3)cc2)cn1. The molecule has 2 heterocycles. The predicted octanol–water partition coefficient (Wildman–Crippen LogP) is 3.68. The second-order valence-corrected chi connectivity index (χ2v) is 7.17. The van der Waals surface area contributed by atoms with Gasteiger partial charge in [0.1, 0.15) is 0 Å². The summed E-state index contributed by atoms with van der Waals surface area (Å²) < 4.78 is 1.99. The molecule has 0 unspecified atom stereocenters. The maximum atomic E-state index is 12.6. The third-order valence-corrected chi connectivity index (χ3v) is 5.23. The molecule has 0 atom stereocenters. The number of halogens is 1. The van der Waals surface area contributed by atoms with Crippen LogP contribution in [0, 0.1) is 6.92 Å². The molecule has 1 saturated heterocycles. The Bertz CT molecular complexity index is 951. The van der Waals surface area contributed by atoms with Gasteiger partial charge in [-0.3, -0.25) is 4.79 Å². The summed E-state index contributed by atoms with van der Waals surface area (Å²) in [5, 5.41) is 0.707. The molecule has 1 fully saturated rings. The Hall–Kier alpha value is -2.79. The number of anilines is 1. The van der Waals surface area contributed by atoms with Gasteiger partial charge in [-0.2, -0.15) is 0 Å². The summed E-state index contributed by atoms with van der Waals surface area (Å²) in [4.78, 5) is 20.9. The van der Waals surface area contributed by atoms with Gasteiger partial charge in [-0.05, 0) is 42.8 Å². The first-order chi connectivity index (χ1) is 13.1. The van der Waals surface area contributed by atoms with Crippen LogP contribution in [0.25, 0.3) is 5.69 Å². The first-order valence-electron chi connectivity index (χ1n) is 8.97. The van der Waals surface area contributed by atoms with Crippen molar-refractivity contribution in [2.24, 2.45) is 0 Å². The zero-order chi connectivity index (χ0) is 18.8. The predicted molar refractivity (Wildman–Crippen MR) is 107 cm³/mol. The quantitative estimate of drug-likeness (QED) is 0.693. The fraction of sp³-hybridized carbons (Fsp3) is 0.238. The van der Waals surface area contributed by atoms with E-state index in [2.05, 4.69) is 34.1 Å². The lowest BCUT2D eigenvalue weighted by atomic mass is 10.1. The van der Waals surface area contributed by atoms with E-state index in [9.17, 15) is 4.79 Å². The normalized spacial score (nSPS) is 14.7. The average molecular weight is 381 g/mol. The van der Waals surface area contributed by atoms with Gasteiger partial charge in [-0.15, -0.1) is 0 Å². The topological polar surface area (TPSA) is 41.4 Å². The van der Waals surface area contributed by atoms with E-state index in [1.165, 1.54) is 0 Å². The highest BCUT2D eigenvalue weighted by atomic mass is 35.5. The second-order valence-electron chi connectivity index (χ2n) is 6.77. The molecule has 0 saturated carbocycles. The van der Waals surface area contributed by atoms with Gasteiger partial charge >= 0.3 is 0 Å². The molecule has 1 amide bonds. The zero-order valence-electron chi connectivity index (χ0n) is 15.2. The summed E-state index contributed by atoms with van der Waals surface area (Å²) in [6, 6.07) is 15.9. The van der Waals surface area contributed by atoms with Crippen LogP contribution in [0.4, 0.5) is 5.69 Å². The molecule has 0 spiro atoms. The molecule has 0 radical (unpaired) electrons. The highest BCUT2D eigenvalue weighted by molar-refractivity contribution is 6.31. The van der Waals surface area contributed by atoms with Gasteiger partial charge in [-0.1, -0.05) is 29.8 Å². The molecule has 2 aromatic carbocycles. The van der Waals surface area contributed by atoms with Crippen molar-refractivity contribution in [1.29, 1.82) is 0 Å². The number of imidazole rings is 1. The van der Waals surface area contributed by atoms with Crippen molar-refractivity contribution in [3.05, 3.63) is 77.3 Å². The first-order valence-corrected chi connectivity index (χ1v) is 9.35. The zero-order valence-corrected chi connectivity index (χ0v) is 15.9. The van der Waals surface area contributed by atoms with E-state index in [1.807, 2.05) is 46.9 Å².